The fourth-order valence-corrected chi connectivity index (χ4v) is 1.67. The molecular formula is C15H9O6-. The number of esters is 1. The van der Waals surface area contributed by atoms with Crippen molar-refractivity contribution in [2.45, 2.75) is 0 Å². The summed E-state index contributed by atoms with van der Waals surface area (Å²) in [6.07, 6.45) is 0. The molecule has 0 radical (unpaired) electrons. The molecule has 2 aromatic carbocycles. The Morgan fingerprint density at radius 2 is 1.48 bits per heavy atom. The maximum Gasteiger partial charge on any atom is 0.344 e. The molecule has 0 amide bonds. The van der Waals surface area contributed by atoms with E-state index in [2.05, 4.69) is 0 Å². The molecule has 1 N–H and O–H groups in total. The van der Waals surface area contributed by atoms with Crippen molar-refractivity contribution < 1.29 is 29.3 Å². The summed E-state index contributed by atoms with van der Waals surface area (Å²) in [5.41, 5.74) is -0.316. The van der Waals surface area contributed by atoms with Crippen LogP contribution in [0.2, 0.25) is 0 Å². The largest absolute Gasteiger partial charge is 0.545 e. The highest BCUT2D eigenvalue weighted by Gasteiger charge is 2.17. The van der Waals surface area contributed by atoms with Gasteiger partial charge < -0.3 is 19.7 Å². The number of carboxylic acid groups (broad SMARTS) is 2. The Hall–Kier alpha value is -3.15. The third-order valence-corrected chi connectivity index (χ3v) is 2.68. The number of rotatable bonds is 4. The number of hydrogen-bond acceptors (Lipinski definition) is 5. The van der Waals surface area contributed by atoms with E-state index in [1.54, 1.807) is 0 Å². The number of hydrogen-bond donors (Lipinski definition) is 1. The molecule has 0 spiro atoms. The van der Waals surface area contributed by atoms with E-state index < -0.39 is 17.9 Å². The van der Waals surface area contributed by atoms with Gasteiger partial charge in [-0.15, -0.1) is 0 Å². The van der Waals surface area contributed by atoms with Crippen LogP contribution in [0.3, 0.4) is 0 Å². The van der Waals surface area contributed by atoms with E-state index >= 15 is 0 Å². The lowest BCUT2D eigenvalue weighted by Gasteiger charge is -2.08. The molecule has 2 rings (SSSR count). The SMILES string of the molecule is O=C([O-])c1ccc(OC(=O)c2ccccc2C(=O)O)cc1. The summed E-state index contributed by atoms with van der Waals surface area (Å²) in [4.78, 5) is 33.6. The lowest BCUT2D eigenvalue weighted by Crippen LogP contribution is -2.22. The smallest absolute Gasteiger partial charge is 0.344 e. The second-order valence-electron chi connectivity index (χ2n) is 4.05. The highest BCUT2D eigenvalue weighted by Crippen LogP contribution is 2.16. The van der Waals surface area contributed by atoms with Crippen molar-refractivity contribution in [3.8, 4) is 5.75 Å². The Kier molecular flexibility index (Phi) is 3.99. The molecule has 0 aliphatic heterocycles. The second-order valence-corrected chi connectivity index (χ2v) is 4.05. The van der Waals surface area contributed by atoms with Crippen molar-refractivity contribution in [3.63, 3.8) is 0 Å². The van der Waals surface area contributed by atoms with Crippen molar-refractivity contribution in [2.75, 3.05) is 0 Å². The van der Waals surface area contributed by atoms with Crippen molar-refractivity contribution in [2.24, 2.45) is 0 Å². The van der Waals surface area contributed by atoms with Crippen LogP contribution < -0.4 is 9.84 Å². The minimum atomic E-state index is -1.34. The predicted octanol–water partition coefficient (Wildman–Crippen LogP) is 0.967. The number of aromatic carboxylic acids is 2. The van der Waals surface area contributed by atoms with Crippen LogP contribution in [0.5, 0.6) is 5.75 Å². The predicted molar refractivity (Wildman–Crippen MR) is 69.1 cm³/mol. The average Bonchev–Trinajstić information content (AvgIpc) is 2.47. The first-order valence-electron chi connectivity index (χ1n) is 5.85. The first kappa shape index (κ1) is 14.3. The summed E-state index contributed by atoms with van der Waals surface area (Å²) in [7, 11) is 0. The van der Waals surface area contributed by atoms with Gasteiger partial charge >= 0.3 is 11.9 Å². The maximum absolute atomic E-state index is 11.9. The zero-order valence-electron chi connectivity index (χ0n) is 10.6. The monoisotopic (exact) mass is 285 g/mol. The van der Waals surface area contributed by atoms with Crippen LogP contribution in [0.15, 0.2) is 48.5 Å². The van der Waals surface area contributed by atoms with Crippen molar-refractivity contribution in [1.82, 2.24) is 0 Å². The van der Waals surface area contributed by atoms with Crippen LogP contribution in [0, 0.1) is 0 Å². The van der Waals surface area contributed by atoms with Gasteiger partial charge in [0.05, 0.1) is 17.1 Å². The van der Waals surface area contributed by atoms with E-state index in [0.29, 0.717) is 0 Å². The fraction of sp³-hybridized carbons (Fsp3) is 0. The number of ether oxygens (including phenoxy) is 1. The van der Waals surface area contributed by atoms with E-state index in [0.717, 1.165) is 0 Å². The maximum atomic E-state index is 11.9. The van der Waals surface area contributed by atoms with Gasteiger partial charge in [-0.05, 0) is 42.0 Å². The van der Waals surface area contributed by atoms with Crippen LogP contribution in [-0.2, 0) is 0 Å². The van der Waals surface area contributed by atoms with Gasteiger partial charge in [-0.25, -0.2) is 9.59 Å². The van der Waals surface area contributed by atoms with Crippen LogP contribution in [0.4, 0.5) is 0 Å². The van der Waals surface area contributed by atoms with Gasteiger partial charge in [0.2, 0.25) is 0 Å². The summed E-state index contributed by atoms with van der Waals surface area (Å²) in [5, 5.41) is 19.6. The summed E-state index contributed by atoms with van der Waals surface area (Å²) in [6, 6.07) is 10.7. The first-order chi connectivity index (χ1) is 9.99. The molecule has 0 bridgehead atoms. The molecule has 0 fully saturated rings. The van der Waals surface area contributed by atoms with E-state index in [4.69, 9.17) is 9.84 Å². The molecule has 0 aliphatic carbocycles. The number of carbonyl (C=O) groups is 3. The molecule has 0 heterocycles. The molecule has 0 aromatic heterocycles. The van der Waals surface area contributed by atoms with Gasteiger partial charge in [0, 0.05) is 0 Å². The van der Waals surface area contributed by atoms with E-state index in [9.17, 15) is 19.5 Å². The zero-order chi connectivity index (χ0) is 15.4. The van der Waals surface area contributed by atoms with Gasteiger partial charge in [-0.1, -0.05) is 12.1 Å². The molecular weight excluding hydrogens is 276 g/mol. The lowest BCUT2D eigenvalue weighted by molar-refractivity contribution is -0.255. The average molecular weight is 285 g/mol. The van der Waals surface area contributed by atoms with Gasteiger partial charge in [0.25, 0.3) is 0 Å². The molecule has 6 nitrogen and oxygen atoms in total. The standard InChI is InChI=1S/C15H10O6/c16-13(17)9-5-7-10(8-6-9)21-15(20)12-4-2-1-3-11(12)14(18)19/h1-8H,(H,16,17)(H,18,19)/p-1. The Balaban J connectivity index is 2.22. The van der Waals surface area contributed by atoms with E-state index in [1.807, 2.05) is 0 Å². The Morgan fingerprint density at radius 1 is 0.905 bits per heavy atom. The van der Waals surface area contributed by atoms with Gasteiger partial charge in [0.15, 0.2) is 0 Å². The van der Waals surface area contributed by atoms with Crippen LogP contribution in [0.1, 0.15) is 31.1 Å². The molecule has 0 aliphatic rings. The molecule has 106 valence electrons. The quantitative estimate of drug-likeness (QED) is 0.663. The summed E-state index contributed by atoms with van der Waals surface area (Å²) < 4.78 is 5.01. The topological polar surface area (TPSA) is 104 Å². The molecule has 0 saturated heterocycles. The Bertz CT molecular complexity index is 702. The molecule has 0 saturated carbocycles. The van der Waals surface area contributed by atoms with E-state index in [-0.39, 0.29) is 22.4 Å². The normalized spacial score (nSPS) is 9.90. The van der Waals surface area contributed by atoms with Crippen molar-refractivity contribution in [3.05, 3.63) is 65.2 Å². The second kappa shape index (κ2) is 5.87. The summed E-state index contributed by atoms with van der Waals surface area (Å²) >= 11 is 0. The van der Waals surface area contributed by atoms with Crippen LogP contribution in [0.25, 0.3) is 0 Å². The molecule has 0 unspecified atom stereocenters. The summed E-state index contributed by atoms with van der Waals surface area (Å²) in [6.45, 7) is 0. The third-order valence-electron chi connectivity index (χ3n) is 2.68. The molecule has 6 heteroatoms. The summed E-state index contributed by atoms with van der Waals surface area (Å²) in [5.74, 6) is -3.32. The first-order valence-corrected chi connectivity index (χ1v) is 5.85. The number of carboxylic acids is 2. The number of carbonyl (C=O) groups excluding carboxylic acids is 2. The fourth-order valence-electron chi connectivity index (χ4n) is 1.67. The Morgan fingerprint density at radius 3 is 2.00 bits per heavy atom. The third kappa shape index (κ3) is 3.24. The number of benzene rings is 2. The molecule has 0 atom stereocenters. The highest BCUT2D eigenvalue weighted by atomic mass is 16.5. The van der Waals surface area contributed by atoms with Crippen molar-refractivity contribution in [1.29, 1.82) is 0 Å². The minimum absolute atomic E-state index is 0.0549. The zero-order valence-corrected chi connectivity index (χ0v) is 10.6. The van der Waals surface area contributed by atoms with Crippen molar-refractivity contribution >= 4 is 17.9 Å². The van der Waals surface area contributed by atoms with Gasteiger partial charge in [0.1, 0.15) is 5.75 Å². The molecule has 2 aromatic rings. The minimum Gasteiger partial charge on any atom is -0.545 e. The van der Waals surface area contributed by atoms with Crippen LogP contribution in [-0.4, -0.2) is 23.0 Å². The van der Waals surface area contributed by atoms with Gasteiger partial charge in [-0.2, -0.15) is 0 Å². The Labute approximate surface area is 119 Å². The lowest BCUT2D eigenvalue weighted by atomic mass is 10.1. The molecule has 21 heavy (non-hydrogen) atoms. The van der Waals surface area contributed by atoms with Gasteiger partial charge in [-0.3, -0.25) is 0 Å². The highest BCUT2D eigenvalue weighted by molar-refractivity contribution is 6.03. The van der Waals surface area contributed by atoms with Crippen LogP contribution >= 0.6 is 0 Å². The van der Waals surface area contributed by atoms with E-state index in [1.165, 1.54) is 48.5 Å².